The van der Waals surface area contributed by atoms with Gasteiger partial charge in [-0.05, 0) is 19.3 Å². The molecule has 0 aromatic heterocycles. The molecule has 2 saturated heterocycles. The summed E-state index contributed by atoms with van der Waals surface area (Å²) < 4.78 is 0. The van der Waals surface area contributed by atoms with Gasteiger partial charge in [-0.15, -0.1) is 0 Å². The molecule has 0 aliphatic carbocycles. The Bertz CT molecular complexity index is 193. The Balaban J connectivity index is 2.20. The Morgan fingerprint density at radius 3 is 3.00 bits per heavy atom. The molecule has 2 heterocycles. The molecule has 0 radical (unpaired) electrons. The van der Waals surface area contributed by atoms with Gasteiger partial charge in [0.2, 0.25) is 0 Å². The van der Waals surface area contributed by atoms with Crippen LogP contribution in [0, 0.1) is 5.92 Å². The fraction of sp³-hybridized carbons (Fsp3) is 0.875. The van der Waals surface area contributed by atoms with Gasteiger partial charge in [0, 0.05) is 12.5 Å². The first-order valence-corrected chi connectivity index (χ1v) is 4.14. The van der Waals surface area contributed by atoms with Gasteiger partial charge in [0.05, 0.1) is 6.54 Å². The van der Waals surface area contributed by atoms with Crippen LogP contribution in [0.2, 0.25) is 0 Å². The van der Waals surface area contributed by atoms with E-state index in [1.165, 1.54) is 0 Å². The molecule has 0 aromatic carbocycles. The first-order chi connectivity index (χ1) is 5.18. The molecule has 0 saturated carbocycles. The van der Waals surface area contributed by atoms with Gasteiger partial charge >= 0.3 is 0 Å². The highest BCUT2D eigenvalue weighted by atomic mass is 16.3. The van der Waals surface area contributed by atoms with Crippen LogP contribution in [0.4, 0.5) is 0 Å². The van der Waals surface area contributed by atoms with Crippen molar-refractivity contribution in [2.24, 2.45) is 5.92 Å². The maximum Gasteiger partial charge on any atom is 0.147 e. The normalized spacial score (nSPS) is 49.8. The van der Waals surface area contributed by atoms with Crippen molar-refractivity contribution in [3.8, 4) is 0 Å². The van der Waals surface area contributed by atoms with Crippen molar-refractivity contribution in [3.05, 3.63) is 0 Å². The fourth-order valence-electron chi connectivity index (χ4n) is 2.21. The molecular formula is C8H13NO2. The number of fused-ring (bicyclic) bond motifs is 2. The summed E-state index contributed by atoms with van der Waals surface area (Å²) >= 11 is 0. The Hall–Kier alpha value is -0.410. The van der Waals surface area contributed by atoms with E-state index < -0.39 is 0 Å². The molecule has 0 amide bonds. The van der Waals surface area contributed by atoms with E-state index in [-0.39, 0.29) is 12.0 Å². The second kappa shape index (κ2) is 2.29. The predicted octanol–water partition coefficient (Wildman–Crippen LogP) is -0.0120. The summed E-state index contributed by atoms with van der Waals surface area (Å²) in [5, 5.41) is 9.46. The lowest BCUT2D eigenvalue weighted by atomic mass is 9.93. The van der Waals surface area contributed by atoms with Crippen molar-refractivity contribution in [3.63, 3.8) is 0 Å². The number of carbonyl (C=O) groups excluding carboxylic acids is 1. The maximum absolute atomic E-state index is 11.1. The predicted molar refractivity (Wildman–Crippen MR) is 39.9 cm³/mol. The molecule has 2 aliphatic rings. The van der Waals surface area contributed by atoms with Crippen molar-refractivity contribution in [1.29, 1.82) is 0 Å². The minimum absolute atomic E-state index is 0.282. The Morgan fingerprint density at radius 1 is 1.64 bits per heavy atom. The number of hydrogen-bond donors (Lipinski definition) is 1. The number of ketones is 1. The Morgan fingerprint density at radius 2 is 2.36 bits per heavy atom. The van der Waals surface area contributed by atoms with Gasteiger partial charge in [-0.3, -0.25) is 9.69 Å². The van der Waals surface area contributed by atoms with E-state index in [1.54, 1.807) is 0 Å². The van der Waals surface area contributed by atoms with E-state index in [4.69, 9.17) is 0 Å². The van der Waals surface area contributed by atoms with E-state index in [0.29, 0.717) is 24.9 Å². The molecule has 62 valence electrons. The Kier molecular flexibility index (Phi) is 1.51. The lowest BCUT2D eigenvalue weighted by Crippen LogP contribution is -2.43. The molecule has 2 bridgehead atoms. The molecule has 2 aliphatic heterocycles. The maximum atomic E-state index is 11.1. The van der Waals surface area contributed by atoms with E-state index in [2.05, 4.69) is 6.92 Å². The summed E-state index contributed by atoms with van der Waals surface area (Å²) in [4.78, 5) is 13.0. The molecule has 1 N–H and O–H groups in total. The molecular weight excluding hydrogens is 142 g/mol. The average Bonchev–Trinajstić information content (AvgIpc) is 2.17. The van der Waals surface area contributed by atoms with Crippen LogP contribution in [0.1, 0.15) is 19.8 Å². The van der Waals surface area contributed by atoms with E-state index in [0.717, 1.165) is 6.42 Å². The van der Waals surface area contributed by atoms with Crippen LogP contribution < -0.4 is 0 Å². The molecule has 3 heteroatoms. The topological polar surface area (TPSA) is 40.5 Å². The van der Waals surface area contributed by atoms with Gasteiger partial charge in [0.1, 0.15) is 12.0 Å². The summed E-state index contributed by atoms with van der Waals surface area (Å²) in [5.74, 6) is 0.691. The van der Waals surface area contributed by atoms with Crippen LogP contribution in [0.15, 0.2) is 0 Å². The zero-order valence-electron chi connectivity index (χ0n) is 6.66. The molecule has 0 aromatic rings. The molecule has 2 fully saturated rings. The standard InChI is InChI=1S/C8H13NO2/c1-5-6-2-7(10)4-9(5)8(11)3-6/h5-6,8,11H,2-4H2,1H3. The highest BCUT2D eigenvalue weighted by Gasteiger charge is 2.42. The van der Waals surface area contributed by atoms with Crippen LogP contribution in [0.3, 0.4) is 0 Å². The van der Waals surface area contributed by atoms with Gasteiger partial charge in [-0.25, -0.2) is 0 Å². The number of aliphatic hydroxyl groups excluding tert-OH is 1. The number of aliphatic hydroxyl groups is 1. The summed E-state index contributed by atoms with van der Waals surface area (Å²) in [5.41, 5.74) is 0. The number of carbonyl (C=O) groups is 1. The quantitative estimate of drug-likeness (QED) is 0.535. The minimum atomic E-state index is -0.360. The molecule has 0 spiro atoms. The first-order valence-electron chi connectivity index (χ1n) is 4.14. The molecule has 11 heavy (non-hydrogen) atoms. The monoisotopic (exact) mass is 155 g/mol. The van der Waals surface area contributed by atoms with E-state index in [1.807, 2.05) is 4.90 Å². The Labute approximate surface area is 66.0 Å². The third kappa shape index (κ3) is 0.993. The van der Waals surface area contributed by atoms with Crippen molar-refractivity contribution >= 4 is 5.78 Å². The van der Waals surface area contributed by atoms with Crippen molar-refractivity contribution < 1.29 is 9.90 Å². The minimum Gasteiger partial charge on any atom is -0.378 e. The lowest BCUT2D eigenvalue weighted by molar-refractivity contribution is -0.125. The molecule has 4 atom stereocenters. The summed E-state index contributed by atoms with van der Waals surface area (Å²) in [6.07, 6.45) is 1.10. The first kappa shape index (κ1) is 7.25. The fourth-order valence-corrected chi connectivity index (χ4v) is 2.21. The smallest absolute Gasteiger partial charge is 0.147 e. The SMILES string of the molecule is CC1C2CC(=O)CN1C(O)C2. The van der Waals surface area contributed by atoms with E-state index >= 15 is 0 Å². The molecule has 4 unspecified atom stereocenters. The van der Waals surface area contributed by atoms with Gasteiger partial charge < -0.3 is 5.11 Å². The van der Waals surface area contributed by atoms with Crippen molar-refractivity contribution in [1.82, 2.24) is 4.90 Å². The third-order valence-electron chi connectivity index (χ3n) is 2.95. The zero-order valence-corrected chi connectivity index (χ0v) is 6.66. The number of rotatable bonds is 0. The highest BCUT2D eigenvalue weighted by molar-refractivity contribution is 5.82. The van der Waals surface area contributed by atoms with Gasteiger partial charge in [0.25, 0.3) is 0 Å². The van der Waals surface area contributed by atoms with E-state index in [9.17, 15) is 9.90 Å². The average molecular weight is 155 g/mol. The van der Waals surface area contributed by atoms with Crippen LogP contribution >= 0.6 is 0 Å². The summed E-state index contributed by atoms with van der Waals surface area (Å²) in [7, 11) is 0. The third-order valence-corrected chi connectivity index (χ3v) is 2.95. The second-order valence-electron chi connectivity index (χ2n) is 3.63. The lowest BCUT2D eigenvalue weighted by Gasteiger charge is -2.29. The molecule has 3 nitrogen and oxygen atoms in total. The van der Waals surface area contributed by atoms with Gasteiger partial charge in [0.15, 0.2) is 0 Å². The number of nitrogens with zero attached hydrogens (tertiary/aromatic N) is 1. The van der Waals surface area contributed by atoms with Crippen molar-refractivity contribution in [2.75, 3.05) is 6.54 Å². The van der Waals surface area contributed by atoms with Gasteiger partial charge in [-0.2, -0.15) is 0 Å². The number of hydrogen-bond acceptors (Lipinski definition) is 3. The molecule has 2 rings (SSSR count). The summed E-state index contributed by atoms with van der Waals surface area (Å²) in [6, 6.07) is 0.405. The summed E-state index contributed by atoms with van der Waals surface area (Å²) in [6.45, 7) is 2.55. The number of Topliss-reactive ketones (excluding diaryl/α,β-unsaturated/α-hetero) is 1. The van der Waals surface area contributed by atoms with Crippen LogP contribution in [0.5, 0.6) is 0 Å². The number of piperidine rings is 1. The van der Waals surface area contributed by atoms with Crippen LogP contribution in [-0.4, -0.2) is 34.6 Å². The highest BCUT2D eigenvalue weighted by Crippen LogP contribution is 2.34. The van der Waals surface area contributed by atoms with Crippen LogP contribution in [0.25, 0.3) is 0 Å². The van der Waals surface area contributed by atoms with Gasteiger partial charge in [-0.1, -0.05) is 0 Å². The largest absolute Gasteiger partial charge is 0.378 e. The van der Waals surface area contributed by atoms with Crippen molar-refractivity contribution in [2.45, 2.75) is 32.0 Å². The van der Waals surface area contributed by atoms with Crippen LogP contribution in [-0.2, 0) is 4.79 Å². The second-order valence-corrected chi connectivity index (χ2v) is 3.63. The zero-order chi connectivity index (χ0) is 8.01.